The third kappa shape index (κ3) is 2.35. The summed E-state index contributed by atoms with van der Waals surface area (Å²) in [7, 11) is 0. The lowest BCUT2D eigenvalue weighted by atomic mass is 9.82. The molecule has 2 bridgehead atoms. The Balaban J connectivity index is 1.56. The van der Waals surface area contributed by atoms with Crippen molar-refractivity contribution in [3.05, 3.63) is 29.8 Å². The van der Waals surface area contributed by atoms with E-state index in [-0.39, 0.29) is 11.7 Å². The van der Waals surface area contributed by atoms with Crippen LogP contribution >= 0.6 is 11.8 Å². The Kier molecular flexibility index (Phi) is 3.38. The minimum Gasteiger partial charge on any atom is -0.362 e. The number of Topliss-reactive ketones (excluding diaryl/α,β-unsaturated/α-hetero) is 1. The number of rotatable bonds is 2. The number of ketones is 1. The van der Waals surface area contributed by atoms with Crippen molar-refractivity contribution in [3.8, 4) is 0 Å². The highest BCUT2D eigenvalue weighted by atomic mass is 32.2. The molecule has 2 aliphatic heterocycles. The van der Waals surface area contributed by atoms with Gasteiger partial charge >= 0.3 is 0 Å². The molecule has 0 amide bonds. The van der Waals surface area contributed by atoms with Gasteiger partial charge in [0.05, 0.1) is 5.60 Å². The molecule has 0 N–H and O–H groups in total. The Bertz CT molecular complexity index is 553. The molecule has 1 aromatic rings. The van der Waals surface area contributed by atoms with Crippen LogP contribution in [0.5, 0.6) is 0 Å². The fourth-order valence-corrected chi connectivity index (χ4v) is 5.61. The third-order valence-corrected chi connectivity index (χ3v) is 6.82. The van der Waals surface area contributed by atoms with Gasteiger partial charge in [-0.3, -0.25) is 4.79 Å². The van der Waals surface area contributed by atoms with Gasteiger partial charge < -0.3 is 4.74 Å². The number of thioether (sulfide) groups is 1. The van der Waals surface area contributed by atoms with E-state index in [0.717, 1.165) is 12.8 Å². The van der Waals surface area contributed by atoms with Crippen LogP contribution in [0.2, 0.25) is 0 Å². The van der Waals surface area contributed by atoms with E-state index in [4.69, 9.17) is 4.74 Å². The molecule has 3 heteroatoms. The summed E-state index contributed by atoms with van der Waals surface area (Å²) in [6.07, 6.45) is 6.44. The van der Waals surface area contributed by atoms with Gasteiger partial charge in [0.1, 0.15) is 6.10 Å². The maximum atomic E-state index is 12.5. The van der Waals surface area contributed by atoms with E-state index in [0.29, 0.717) is 23.4 Å². The van der Waals surface area contributed by atoms with E-state index in [2.05, 4.69) is 31.2 Å². The van der Waals surface area contributed by atoms with Gasteiger partial charge in [0.2, 0.25) is 0 Å². The summed E-state index contributed by atoms with van der Waals surface area (Å²) >= 11 is 1.84. The molecule has 2 heterocycles. The van der Waals surface area contributed by atoms with Crippen LogP contribution in [0.1, 0.15) is 44.1 Å². The fourth-order valence-electron chi connectivity index (χ4n) is 4.38. The second-order valence-corrected chi connectivity index (χ2v) is 8.19. The highest BCUT2D eigenvalue weighted by Crippen LogP contribution is 2.53. The van der Waals surface area contributed by atoms with Crippen LogP contribution in [0, 0.1) is 12.8 Å². The molecular formula is C18H22O2S. The molecule has 4 rings (SSSR count). The standard InChI is InChI=1S/C18H22O2S/c1-12-4-7-14(8-5-12)21-16-9-6-13-3-2-10-18(13)11-15(19)17(16)20-18/h4-5,7-8,13,16-17H,2-3,6,9-11H2,1H3/t13-,16+,17-,18+/m1/s1. The first kappa shape index (κ1) is 13.8. The molecule has 0 radical (unpaired) electrons. The number of fused-ring (bicyclic) bond motifs is 1. The predicted molar refractivity (Wildman–Crippen MR) is 84.6 cm³/mol. The van der Waals surface area contributed by atoms with Crippen molar-refractivity contribution in [1.82, 2.24) is 0 Å². The van der Waals surface area contributed by atoms with Crippen molar-refractivity contribution in [1.29, 1.82) is 0 Å². The molecule has 2 nitrogen and oxygen atoms in total. The summed E-state index contributed by atoms with van der Waals surface area (Å²) in [4.78, 5) is 13.7. The zero-order valence-electron chi connectivity index (χ0n) is 12.5. The zero-order chi connectivity index (χ0) is 14.4. The van der Waals surface area contributed by atoms with E-state index in [1.807, 2.05) is 11.8 Å². The smallest absolute Gasteiger partial charge is 0.165 e. The summed E-state index contributed by atoms with van der Waals surface area (Å²) in [5, 5.41) is 0.296. The van der Waals surface area contributed by atoms with Crippen molar-refractivity contribution < 1.29 is 9.53 Å². The molecule has 21 heavy (non-hydrogen) atoms. The molecule has 1 saturated carbocycles. The van der Waals surface area contributed by atoms with E-state index in [1.54, 1.807) is 0 Å². The largest absolute Gasteiger partial charge is 0.362 e. The van der Waals surface area contributed by atoms with Crippen molar-refractivity contribution in [2.24, 2.45) is 5.92 Å². The van der Waals surface area contributed by atoms with Crippen LogP contribution in [0.4, 0.5) is 0 Å². The summed E-state index contributed by atoms with van der Waals surface area (Å²) in [6, 6.07) is 8.63. The molecule has 4 atom stereocenters. The molecule has 2 saturated heterocycles. The molecule has 3 aliphatic rings. The Morgan fingerprint density at radius 3 is 2.81 bits per heavy atom. The maximum absolute atomic E-state index is 12.5. The highest BCUT2D eigenvalue weighted by Gasteiger charge is 2.56. The van der Waals surface area contributed by atoms with Crippen LogP contribution < -0.4 is 0 Å². The maximum Gasteiger partial charge on any atom is 0.165 e. The lowest BCUT2D eigenvalue weighted by Crippen LogP contribution is -2.32. The minimum absolute atomic E-state index is 0.0790. The van der Waals surface area contributed by atoms with Crippen LogP contribution in [0.25, 0.3) is 0 Å². The highest BCUT2D eigenvalue weighted by molar-refractivity contribution is 8.00. The van der Waals surface area contributed by atoms with Gasteiger partial charge in [-0.2, -0.15) is 0 Å². The zero-order valence-corrected chi connectivity index (χ0v) is 13.3. The summed E-state index contributed by atoms with van der Waals surface area (Å²) < 4.78 is 6.38. The van der Waals surface area contributed by atoms with E-state index >= 15 is 0 Å². The Morgan fingerprint density at radius 1 is 1.19 bits per heavy atom. The first-order valence-electron chi connectivity index (χ1n) is 8.10. The van der Waals surface area contributed by atoms with Crippen LogP contribution in [0.3, 0.4) is 0 Å². The topological polar surface area (TPSA) is 26.3 Å². The first-order chi connectivity index (χ1) is 10.2. The van der Waals surface area contributed by atoms with Gasteiger partial charge in [0.25, 0.3) is 0 Å². The average molecular weight is 302 g/mol. The first-order valence-corrected chi connectivity index (χ1v) is 8.98. The van der Waals surface area contributed by atoms with Crippen LogP contribution in [-0.2, 0) is 9.53 Å². The Hall–Kier alpha value is -0.800. The molecule has 1 aromatic carbocycles. The van der Waals surface area contributed by atoms with E-state index < -0.39 is 0 Å². The van der Waals surface area contributed by atoms with Crippen LogP contribution in [-0.4, -0.2) is 22.7 Å². The number of hydrogen-bond acceptors (Lipinski definition) is 3. The van der Waals surface area contributed by atoms with Gasteiger partial charge in [0, 0.05) is 16.6 Å². The molecular weight excluding hydrogens is 280 g/mol. The molecule has 3 fully saturated rings. The quantitative estimate of drug-likeness (QED) is 0.821. The van der Waals surface area contributed by atoms with Crippen molar-refractivity contribution >= 4 is 17.5 Å². The van der Waals surface area contributed by atoms with E-state index in [1.165, 1.54) is 29.7 Å². The van der Waals surface area contributed by atoms with Gasteiger partial charge in [-0.25, -0.2) is 0 Å². The average Bonchev–Trinajstić information content (AvgIpc) is 2.96. The molecule has 1 aliphatic carbocycles. The molecule has 0 unspecified atom stereocenters. The number of ether oxygens (including phenoxy) is 1. The second kappa shape index (κ2) is 5.13. The van der Waals surface area contributed by atoms with E-state index in [9.17, 15) is 4.79 Å². The number of hydrogen-bond donors (Lipinski definition) is 0. The Labute approximate surface area is 130 Å². The number of aryl methyl sites for hydroxylation is 1. The van der Waals surface area contributed by atoms with Gasteiger partial charge in [-0.05, 0) is 50.7 Å². The minimum atomic E-state index is -0.167. The SMILES string of the molecule is Cc1ccc(S[C@H]2CC[C@H]3CCC[C@]34CC(=O)[C@H]2O4)cc1. The second-order valence-electron chi connectivity index (χ2n) is 6.88. The van der Waals surface area contributed by atoms with Gasteiger partial charge in [-0.15, -0.1) is 11.8 Å². The van der Waals surface area contributed by atoms with Gasteiger partial charge in [-0.1, -0.05) is 24.1 Å². The van der Waals surface area contributed by atoms with Crippen LogP contribution in [0.15, 0.2) is 29.2 Å². The number of benzene rings is 1. The number of carbonyl (C=O) groups is 1. The normalized spacial score (nSPS) is 38.3. The van der Waals surface area contributed by atoms with Gasteiger partial charge in [0.15, 0.2) is 5.78 Å². The predicted octanol–water partition coefficient (Wildman–Crippen LogP) is 4.15. The number of carbonyl (C=O) groups excluding carboxylic acids is 1. The lowest BCUT2D eigenvalue weighted by molar-refractivity contribution is -0.123. The van der Waals surface area contributed by atoms with Crippen molar-refractivity contribution in [2.45, 2.75) is 67.3 Å². The monoisotopic (exact) mass is 302 g/mol. The Morgan fingerprint density at radius 2 is 2.00 bits per heavy atom. The fraction of sp³-hybridized carbons (Fsp3) is 0.611. The lowest BCUT2D eigenvalue weighted by Gasteiger charge is -2.28. The molecule has 1 spiro atoms. The van der Waals surface area contributed by atoms with Crippen molar-refractivity contribution in [3.63, 3.8) is 0 Å². The summed E-state index contributed by atoms with van der Waals surface area (Å²) in [5.41, 5.74) is 1.20. The summed E-state index contributed by atoms with van der Waals surface area (Å²) in [5.74, 6) is 0.973. The molecule has 0 aromatic heterocycles. The van der Waals surface area contributed by atoms with Crippen molar-refractivity contribution in [2.75, 3.05) is 0 Å². The summed E-state index contributed by atoms with van der Waals surface area (Å²) in [6.45, 7) is 2.11. The third-order valence-electron chi connectivity index (χ3n) is 5.49. The molecule has 112 valence electrons.